The first-order chi connectivity index (χ1) is 7.63. The molecule has 17 heavy (non-hydrogen) atoms. The van der Waals surface area contributed by atoms with Gasteiger partial charge in [-0.2, -0.15) is 0 Å². The summed E-state index contributed by atoms with van der Waals surface area (Å²) in [5, 5.41) is 14.8. The number of hydrogen-bond acceptors (Lipinski definition) is 4. The van der Waals surface area contributed by atoms with Crippen molar-refractivity contribution in [3.8, 4) is 0 Å². The fraction of sp³-hybridized carbons (Fsp3) is 0.818. The molecule has 6 N–H and O–H groups in total. The molecule has 0 aliphatic heterocycles. The fourth-order valence-electron chi connectivity index (χ4n) is 1.15. The van der Waals surface area contributed by atoms with Gasteiger partial charge < -0.3 is 22.0 Å². The fourth-order valence-corrected chi connectivity index (χ4v) is 1.15. The molecule has 0 bridgehead atoms. The van der Waals surface area contributed by atoms with Crippen LogP contribution in [-0.2, 0) is 4.79 Å². The molecule has 0 aliphatic carbocycles. The van der Waals surface area contributed by atoms with Crippen molar-refractivity contribution in [3.05, 3.63) is 0 Å². The van der Waals surface area contributed by atoms with Crippen molar-refractivity contribution in [2.75, 3.05) is 13.1 Å². The first kappa shape index (κ1) is 15.7. The number of carbonyl (C=O) groups is 1. The van der Waals surface area contributed by atoms with Crippen LogP contribution in [0.2, 0.25) is 0 Å². The molecule has 0 radical (unpaired) electrons. The summed E-state index contributed by atoms with van der Waals surface area (Å²) in [5.41, 5.74) is 9.88. The first-order valence-electron chi connectivity index (χ1n) is 5.62. The van der Waals surface area contributed by atoms with Gasteiger partial charge in [0.25, 0.3) is 0 Å². The van der Waals surface area contributed by atoms with E-state index in [0.29, 0.717) is 19.5 Å². The average molecular weight is 244 g/mol. The topological polar surface area (TPSA) is 114 Å². The second-order valence-corrected chi connectivity index (χ2v) is 5.54. The number of nitrogens with one attached hydrogen (secondary N) is 1. The van der Waals surface area contributed by atoms with E-state index in [2.05, 4.69) is 10.5 Å². The lowest BCUT2D eigenvalue weighted by molar-refractivity contribution is -0.125. The molecule has 0 heterocycles. The molecule has 0 atom stereocenters. The second kappa shape index (κ2) is 5.86. The van der Waals surface area contributed by atoms with Crippen molar-refractivity contribution < 1.29 is 10.0 Å². The van der Waals surface area contributed by atoms with Gasteiger partial charge in [0.2, 0.25) is 5.91 Å². The maximum Gasteiger partial charge on any atom is 0.224 e. The number of nitrogens with two attached hydrogens (primary N) is 2. The molecule has 0 aromatic heterocycles. The first-order valence-corrected chi connectivity index (χ1v) is 5.62. The van der Waals surface area contributed by atoms with Crippen molar-refractivity contribution in [2.45, 2.75) is 34.1 Å². The molecule has 0 saturated carbocycles. The summed E-state index contributed by atoms with van der Waals surface area (Å²) in [6, 6.07) is 0. The zero-order chi connectivity index (χ0) is 13.7. The Bertz CT molecular complexity index is 298. The van der Waals surface area contributed by atoms with E-state index in [1.54, 1.807) is 13.8 Å². The van der Waals surface area contributed by atoms with E-state index < -0.39 is 5.41 Å². The van der Waals surface area contributed by atoms with Gasteiger partial charge in [0.15, 0.2) is 0 Å². The van der Waals surface area contributed by atoms with Crippen molar-refractivity contribution in [2.24, 2.45) is 27.5 Å². The number of amidine groups is 1. The molecule has 0 unspecified atom stereocenters. The summed E-state index contributed by atoms with van der Waals surface area (Å²) in [6.07, 6.45) is 0.706. The van der Waals surface area contributed by atoms with E-state index >= 15 is 0 Å². The van der Waals surface area contributed by atoms with Gasteiger partial charge in [0.05, 0.1) is 5.41 Å². The van der Waals surface area contributed by atoms with E-state index in [-0.39, 0.29) is 17.2 Å². The van der Waals surface area contributed by atoms with Crippen LogP contribution in [0, 0.1) is 10.8 Å². The van der Waals surface area contributed by atoms with Gasteiger partial charge in [-0.25, -0.2) is 0 Å². The molecule has 0 aliphatic rings. The maximum atomic E-state index is 11.1. The molecule has 0 aromatic carbocycles. The third-order valence-electron chi connectivity index (χ3n) is 2.96. The van der Waals surface area contributed by atoms with Gasteiger partial charge in [0.1, 0.15) is 5.84 Å². The Kier molecular flexibility index (Phi) is 5.41. The van der Waals surface area contributed by atoms with E-state index in [0.717, 1.165) is 0 Å². The molecule has 1 amide bonds. The van der Waals surface area contributed by atoms with Crippen LogP contribution in [0.5, 0.6) is 0 Å². The highest BCUT2D eigenvalue weighted by Crippen LogP contribution is 2.19. The maximum absolute atomic E-state index is 11.1. The molecule has 6 heteroatoms. The Morgan fingerprint density at radius 2 is 1.76 bits per heavy atom. The summed E-state index contributed by atoms with van der Waals surface area (Å²) in [5.74, 6) is -0.130. The number of nitrogens with zero attached hydrogens (tertiary/aromatic N) is 1. The highest BCUT2D eigenvalue weighted by Gasteiger charge is 2.26. The minimum absolute atomic E-state index is 0.202. The summed E-state index contributed by atoms with van der Waals surface area (Å²) in [6.45, 7) is 8.54. The monoisotopic (exact) mass is 244 g/mol. The third kappa shape index (κ3) is 5.04. The van der Waals surface area contributed by atoms with Crippen molar-refractivity contribution in [3.63, 3.8) is 0 Å². The Balaban J connectivity index is 4.06. The third-order valence-corrected chi connectivity index (χ3v) is 2.96. The van der Waals surface area contributed by atoms with E-state index in [4.69, 9.17) is 16.7 Å². The van der Waals surface area contributed by atoms with Crippen molar-refractivity contribution >= 4 is 11.7 Å². The van der Waals surface area contributed by atoms with E-state index in [1.807, 2.05) is 13.8 Å². The Morgan fingerprint density at radius 3 is 2.18 bits per heavy atom. The van der Waals surface area contributed by atoms with Gasteiger partial charge in [-0.05, 0) is 26.8 Å². The standard InChI is InChI=1S/C11H24N4O2/c1-10(2,8(12)15-17)5-6-14-7-11(3,4)9(13)16/h14,17H,5-7H2,1-4H3,(H2,12,15)(H2,13,16). The highest BCUT2D eigenvalue weighted by atomic mass is 16.4. The lowest BCUT2D eigenvalue weighted by Gasteiger charge is -2.25. The number of carbonyl (C=O) groups excluding carboxylic acids is 1. The molecule has 0 fully saturated rings. The van der Waals surface area contributed by atoms with Crippen molar-refractivity contribution in [1.82, 2.24) is 5.32 Å². The van der Waals surface area contributed by atoms with Gasteiger partial charge in [-0.1, -0.05) is 19.0 Å². The van der Waals surface area contributed by atoms with Gasteiger partial charge in [-0.15, -0.1) is 0 Å². The number of rotatable bonds is 7. The molecular formula is C11H24N4O2. The van der Waals surface area contributed by atoms with Gasteiger partial charge in [0, 0.05) is 12.0 Å². The van der Waals surface area contributed by atoms with E-state index in [1.165, 1.54) is 0 Å². The molecular weight excluding hydrogens is 220 g/mol. The molecule has 0 saturated heterocycles. The quantitative estimate of drug-likeness (QED) is 0.169. The van der Waals surface area contributed by atoms with Crippen LogP contribution < -0.4 is 16.8 Å². The van der Waals surface area contributed by atoms with Crippen LogP contribution >= 0.6 is 0 Å². The predicted molar refractivity (Wildman–Crippen MR) is 67.7 cm³/mol. The average Bonchev–Trinajstić information content (AvgIpc) is 2.23. The predicted octanol–water partition coefficient (Wildman–Crippen LogP) is 0.250. The van der Waals surface area contributed by atoms with Crippen LogP contribution in [0.1, 0.15) is 34.1 Å². The molecule has 100 valence electrons. The molecule has 0 rings (SSSR count). The normalized spacial score (nSPS) is 13.8. The number of amides is 1. The van der Waals surface area contributed by atoms with Crippen LogP contribution in [-0.4, -0.2) is 30.0 Å². The van der Waals surface area contributed by atoms with Gasteiger partial charge in [-0.3, -0.25) is 4.79 Å². The van der Waals surface area contributed by atoms with Crippen LogP contribution in [0.25, 0.3) is 0 Å². The lowest BCUT2D eigenvalue weighted by Crippen LogP contribution is -2.42. The van der Waals surface area contributed by atoms with Crippen molar-refractivity contribution in [1.29, 1.82) is 0 Å². The Labute approximate surface area is 102 Å². The zero-order valence-corrected chi connectivity index (χ0v) is 11.1. The number of oxime groups is 1. The SMILES string of the molecule is CC(C)(CNCCC(C)(C)C(N)=NO)C(N)=O. The number of primary amides is 1. The van der Waals surface area contributed by atoms with Crippen LogP contribution in [0.4, 0.5) is 0 Å². The minimum atomic E-state index is -0.569. The van der Waals surface area contributed by atoms with Crippen LogP contribution in [0.3, 0.4) is 0 Å². The molecule has 0 aromatic rings. The largest absolute Gasteiger partial charge is 0.409 e. The summed E-state index contributed by atoms with van der Waals surface area (Å²) in [7, 11) is 0. The lowest BCUT2D eigenvalue weighted by atomic mass is 9.87. The molecule has 6 nitrogen and oxygen atoms in total. The highest BCUT2D eigenvalue weighted by molar-refractivity contribution is 5.85. The number of hydrogen-bond donors (Lipinski definition) is 4. The Morgan fingerprint density at radius 1 is 1.24 bits per heavy atom. The second-order valence-electron chi connectivity index (χ2n) is 5.54. The zero-order valence-electron chi connectivity index (χ0n) is 11.1. The van der Waals surface area contributed by atoms with E-state index in [9.17, 15) is 4.79 Å². The minimum Gasteiger partial charge on any atom is -0.409 e. The summed E-state index contributed by atoms with van der Waals surface area (Å²) >= 11 is 0. The smallest absolute Gasteiger partial charge is 0.224 e. The van der Waals surface area contributed by atoms with Gasteiger partial charge >= 0.3 is 0 Å². The van der Waals surface area contributed by atoms with Crippen LogP contribution in [0.15, 0.2) is 5.16 Å². The summed E-state index contributed by atoms with van der Waals surface area (Å²) < 4.78 is 0. The summed E-state index contributed by atoms with van der Waals surface area (Å²) in [4.78, 5) is 11.1. The Hall–Kier alpha value is -1.30. The molecule has 0 spiro atoms.